The van der Waals surface area contributed by atoms with Crippen LogP contribution in [0.1, 0.15) is 84.0 Å². The van der Waals surface area contributed by atoms with Crippen LogP contribution in [0.3, 0.4) is 0 Å². The molecule has 210 valence electrons. The summed E-state index contributed by atoms with van der Waals surface area (Å²) in [4.78, 5) is 19.5. The second kappa shape index (κ2) is 11.2. The summed E-state index contributed by atoms with van der Waals surface area (Å²) in [7, 11) is 0. The predicted molar refractivity (Wildman–Crippen MR) is 149 cm³/mol. The summed E-state index contributed by atoms with van der Waals surface area (Å²) in [6.45, 7) is 8.61. The first kappa shape index (κ1) is 28.9. The van der Waals surface area contributed by atoms with Gasteiger partial charge in [-0.1, -0.05) is 48.0 Å². The number of rotatable bonds is 11. The Morgan fingerprint density at radius 1 is 1.08 bits per heavy atom. The van der Waals surface area contributed by atoms with Gasteiger partial charge >= 0.3 is 0 Å². The van der Waals surface area contributed by atoms with Crippen LogP contribution in [0, 0.1) is 5.92 Å². The molecule has 1 amide bonds. The minimum atomic E-state index is -1.66. The van der Waals surface area contributed by atoms with Gasteiger partial charge in [0.15, 0.2) is 11.5 Å². The van der Waals surface area contributed by atoms with Crippen molar-refractivity contribution >= 4 is 11.6 Å². The molecule has 1 aromatic heterocycles. The van der Waals surface area contributed by atoms with Gasteiger partial charge in [-0.05, 0) is 89.1 Å². The fourth-order valence-corrected chi connectivity index (χ4v) is 5.01. The largest absolute Gasteiger partial charge is 0.390 e. The number of unbranched alkanes of at least 4 members (excludes halogenated alkanes) is 2. The molecule has 0 saturated heterocycles. The van der Waals surface area contributed by atoms with E-state index in [1.165, 1.54) is 13.8 Å². The van der Waals surface area contributed by atoms with Crippen LogP contribution < -0.4 is 4.90 Å². The third kappa shape index (κ3) is 7.31. The molecule has 3 aromatic rings. The Hall–Kier alpha value is -3.10. The molecule has 1 heterocycles. The molecule has 1 aliphatic rings. The first-order chi connectivity index (χ1) is 18.2. The number of nitrogens with zero attached hydrogens (tertiary/aromatic N) is 3. The molecule has 0 bridgehead atoms. The van der Waals surface area contributed by atoms with Crippen LogP contribution in [-0.4, -0.2) is 38.4 Å². The van der Waals surface area contributed by atoms with E-state index in [4.69, 9.17) is 4.52 Å². The van der Waals surface area contributed by atoms with Crippen molar-refractivity contribution in [3.05, 3.63) is 65.8 Å². The molecule has 1 aliphatic carbocycles. The van der Waals surface area contributed by atoms with Crippen LogP contribution in [0.25, 0.3) is 11.1 Å². The van der Waals surface area contributed by atoms with Crippen molar-refractivity contribution in [1.82, 2.24) is 10.1 Å². The molecule has 0 atom stereocenters. The lowest BCUT2D eigenvalue weighted by Gasteiger charge is -2.42. The number of aliphatic hydroxyl groups is 2. The van der Waals surface area contributed by atoms with Crippen molar-refractivity contribution in [3.63, 3.8) is 0 Å². The highest BCUT2D eigenvalue weighted by molar-refractivity contribution is 5.96. The van der Waals surface area contributed by atoms with E-state index in [0.29, 0.717) is 31.6 Å². The fraction of sp³-hybridized carbons (Fsp3) is 0.516. The highest BCUT2D eigenvalue weighted by atomic mass is 19.1. The average molecular weight is 538 g/mol. The highest BCUT2D eigenvalue weighted by Gasteiger charge is 2.44. The predicted octanol–water partition coefficient (Wildman–Crippen LogP) is 6.08. The Kier molecular flexibility index (Phi) is 8.28. The number of amides is 1. The number of hydrogen-bond donors (Lipinski definition) is 2. The van der Waals surface area contributed by atoms with Gasteiger partial charge in [0.05, 0.1) is 11.2 Å². The first-order valence-corrected chi connectivity index (χ1v) is 13.7. The molecule has 39 heavy (non-hydrogen) atoms. The van der Waals surface area contributed by atoms with E-state index >= 15 is 0 Å². The number of alkyl halides is 1. The van der Waals surface area contributed by atoms with Gasteiger partial charge in [-0.15, -0.1) is 0 Å². The molecule has 8 heteroatoms. The number of aryl methyl sites for hydroxylation is 1. The lowest BCUT2D eigenvalue weighted by atomic mass is 9.71. The lowest BCUT2D eigenvalue weighted by Crippen LogP contribution is -2.50. The number of carbonyl (C=O) groups is 1. The van der Waals surface area contributed by atoms with Crippen LogP contribution in [-0.2, 0) is 22.5 Å². The van der Waals surface area contributed by atoms with Crippen LogP contribution in [0.4, 0.5) is 10.1 Å². The van der Waals surface area contributed by atoms with Gasteiger partial charge in [-0.25, -0.2) is 4.39 Å². The minimum absolute atomic E-state index is 0.0137. The summed E-state index contributed by atoms with van der Waals surface area (Å²) in [5, 5.41) is 24.4. The van der Waals surface area contributed by atoms with Crippen LogP contribution in [0.2, 0.25) is 0 Å². The molecule has 4 rings (SSSR count). The van der Waals surface area contributed by atoms with Crippen molar-refractivity contribution in [2.75, 3.05) is 11.4 Å². The fourth-order valence-electron chi connectivity index (χ4n) is 5.01. The number of carbonyl (C=O) groups excluding carboxylic acids is 1. The molecule has 1 fully saturated rings. The number of anilines is 1. The number of hydrogen-bond acceptors (Lipinski definition) is 6. The summed E-state index contributed by atoms with van der Waals surface area (Å²) < 4.78 is 19.0. The molecule has 0 spiro atoms. The van der Waals surface area contributed by atoms with Crippen LogP contribution in [0.15, 0.2) is 53.1 Å². The number of aromatic nitrogens is 2. The average Bonchev–Trinajstić information content (AvgIpc) is 3.34. The zero-order valence-corrected chi connectivity index (χ0v) is 23.6. The molecule has 7 nitrogen and oxygen atoms in total. The molecule has 2 aromatic carbocycles. The Bertz CT molecular complexity index is 1260. The summed E-state index contributed by atoms with van der Waals surface area (Å²) >= 11 is 0. The number of halogens is 1. The Morgan fingerprint density at radius 3 is 2.36 bits per heavy atom. The van der Waals surface area contributed by atoms with Crippen LogP contribution in [0.5, 0.6) is 0 Å². The first-order valence-electron chi connectivity index (χ1n) is 13.7. The van der Waals surface area contributed by atoms with Gasteiger partial charge in [-0.3, -0.25) is 4.79 Å². The van der Waals surface area contributed by atoms with E-state index in [0.717, 1.165) is 41.6 Å². The monoisotopic (exact) mass is 537 g/mol. The standard InChI is InChI=1S/C31H40FN3O4/c1-29(2,32)28-33-26(34-39-28)12-7-6-8-17-35(27(36)23-19-31(5,38)20-23)25-11-9-10-22(18-25)21-13-15-24(16-14-21)30(3,4)37/h9-11,13-16,18,23,37-38H,6-8,12,17,19-20H2,1-5H3. The normalized spacial score (nSPS) is 19.5. The number of benzene rings is 2. The maximum Gasteiger partial charge on any atom is 0.263 e. The zero-order chi connectivity index (χ0) is 28.4. The molecule has 2 N–H and O–H groups in total. The quantitative estimate of drug-likeness (QED) is 0.288. The topological polar surface area (TPSA) is 99.7 Å². The Morgan fingerprint density at radius 2 is 1.77 bits per heavy atom. The molecule has 0 unspecified atom stereocenters. The smallest absolute Gasteiger partial charge is 0.263 e. The Labute approximate surface area is 230 Å². The second-order valence-electron chi connectivity index (χ2n) is 12.1. The van der Waals surface area contributed by atoms with Crippen LogP contribution >= 0.6 is 0 Å². The van der Waals surface area contributed by atoms with Crippen molar-refractivity contribution in [1.29, 1.82) is 0 Å². The van der Waals surface area contributed by atoms with Crippen molar-refractivity contribution in [3.8, 4) is 11.1 Å². The maximum absolute atomic E-state index is 14.0. The summed E-state index contributed by atoms with van der Waals surface area (Å²) in [6, 6.07) is 15.7. The van der Waals surface area contributed by atoms with E-state index in [2.05, 4.69) is 10.1 Å². The van der Waals surface area contributed by atoms with Crippen molar-refractivity contribution in [2.45, 2.75) is 90.0 Å². The van der Waals surface area contributed by atoms with Gasteiger partial charge in [0.25, 0.3) is 5.89 Å². The van der Waals surface area contributed by atoms with Gasteiger partial charge in [0, 0.05) is 24.6 Å². The molecule has 0 aliphatic heterocycles. The molecule has 0 radical (unpaired) electrons. The summed E-state index contributed by atoms with van der Waals surface area (Å²) in [6.07, 6.45) is 3.91. The lowest BCUT2D eigenvalue weighted by molar-refractivity contribution is -0.136. The molecular formula is C31H40FN3O4. The van der Waals surface area contributed by atoms with E-state index in [-0.39, 0.29) is 17.7 Å². The SMILES string of the molecule is CC1(O)CC(C(=O)N(CCCCCc2noc(C(C)(C)F)n2)c2cccc(-c3ccc(C(C)(C)O)cc3)c2)C1. The van der Waals surface area contributed by atoms with Gasteiger partial charge in [0.1, 0.15) is 0 Å². The maximum atomic E-state index is 14.0. The van der Waals surface area contributed by atoms with Gasteiger partial charge in [0.2, 0.25) is 5.91 Å². The van der Waals surface area contributed by atoms with Crippen molar-refractivity contribution < 1.29 is 23.9 Å². The second-order valence-corrected chi connectivity index (χ2v) is 12.1. The van der Waals surface area contributed by atoms with E-state index < -0.39 is 16.9 Å². The molecule has 1 saturated carbocycles. The Balaban J connectivity index is 1.44. The van der Waals surface area contributed by atoms with E-state index in [1.54, 1.807) is 20.8 Å². The third-order valence-electron chi connectivity index (χ3n) is 7.33. The van der Waals surface area contributed by atoms with Gasteiger partial charge < -0.3 is 19.6 Å². The third-order valence-corrected chi connectivity index (χ3v) is 7.33. The minimum Gasteiger partial charge on any atom is -0.390 e. The zero-order valence-electron chi connectivity index (χ0n) is 23.6. The van der Waals surface area contributed by atoms with E-state index in [9.17, 15) is 19.4 Å². The summed E-state index contributed by atoms with van der Waals surface area (Å²) in [5.74, 6) is 0.310. The molecular weight excluding hydrogens is 497 g/mol. The summed E-state index contributed by atoms with van der Waals surface area (Å²) in [5.41, 5.74) is 0.281. The highest BCUT2D eigenvalue weighted by Crippen LogP contribution is 2.39. The van der Waals surface area contributed by atoms with Gasteiger partial charge in [-0.2, -0.15) is 4.98 Å². The van der Waals surface area contributed by atoms with E-state index in [1.807, 2.05) is 53.4 Å². The van der Waals surface area contributed by atoms with Crippen molar-refractivity contribution in [2.24, 2.45) is 5.92 Å².